The van der Waals surface area contributed by atoms with E-state index in [1.165, 1.54) is 11.1 Å². The van der Waals surface area contributed by atoms with Crippen molar-refractivity contribution in [1.82, 2.24) is 0 Å². The molecule has 0 amide bonds. The van der Waals surface area contributed by atoms with Crippen molar-refractivity contribution in [3.63, 3.8) is 0 Å². The van der Waals surface area contributed by atoms with Crippen molar-refractivity contribution in [3.8, 4) is 5.75 Å². The van der Waals surface area contributed by atoms with Gasteiger partial charge in [-0.2, -0.15) is 0 Å². The first-order valence-electron chi connectivity index (χ1n) is 6.20. The first-order valence-corrected chi connectivity index (χ1v) is 6.20. The molecular weight excluding hydrogens is 238 g/mol. The number of nitrogens with zero attached hydrogens (tertiary/aromatic N) is 1. The lowest BCUT2D eigenvalue weighted by atomic mass is 9.97. The minimum absolute atomic E-state index is 0.0348. The zero-order chi connectivity index (χ0) is 13.4. The lowest BCUT2D eigenvalue weighted by Gasteiger charge is -2.11. The number of hydrogen-bond donors (Lipinski definition) is 1. The zero-order valence-corrected chi connectivity index (χ0v) is 10.6. The van der Waals surface area contributed by atoms with E-state index >= 15 is 0 Å². The monoisotopic (exact) mass is 252 g/mol. The van der Waals surface area contributed by atoms with Crippen molar-refractivity contribution in [3.05, 3.63) is 59.7 Å². The molecule has 0 radical (unpaired) electrons. The molecule has 0 fully saturated rings. The summed E-state index contributed by atoms with van der Waals surface area (Å²) in [5.41, 5.74) is 4.72. The Kier molecular flexibility index (Phi) is 2.76. The fraction of sp³-hybridized carbons (Fsp3) is 0.125. The largest absolute Gasteiger partial charge is 0.872 e. The molecule has 3 heteroatoms. The Labute approximate surface area is 112 Å². The third kappa shape index (κ3) is 1.98. The number of allylic oxidation sites excluding steroid dienone is 1. The molecule has 2 aromatic carbocycles. The van der Waals surface area contributed by atoms with Gasteiger partial charge >= 0.3 is 0 Å². The maximum absolute atomic E-state index is 11.5. The van der Waals surface area contributed by atoms with E-state index in [2.05, 4.69) is 0 Å². The van der Waals surface area contributed by atoms with Gasteiger partial charge in [-0.15, -0.1) is 5.75 Å². The summed E-state index contributed by atoms with van der Waals surface area (Å²) in [6.45, 7) is 2.44. The first-order chi connectivity index (χ1) is 9.16. The predicted molar refractivity (Wildman–Crippen MR) is 74.0 cm³/mol. The van der Waals surface area contributed by atoms with E-state index in [9.17, 15) is 10.3 Å². The highest BCUT2D eigenvalue weighted by Gasteiger charge is 2.23. The van der Waals surface area contributed by atoms with Crippen LogP contribution in [0.5, 0.6) is 5.75 Å². The van der Waals surface area contributed by atoms with Crippen molar-refractivity contribution in [2.75, 3.05) is 11.6 Å². The minimum atomic E-state index is -0.0348. The van der Waals surface area contributed by atoms with Crippen LogP contribution in [0.1, 0.15) is 18.1 Å². The molecule has 0 saturated carbocycles. The number of fused-ring (bicyclic) bond motifs is 1. The Balaban J connectivity index is 2.16. The highest BCUT2D eigenvalue weighted by Crippen LogP contribution is 2.39. The van der Waals surface area contributed by atoms with Crippen LogP contribution in [0.3, 0.4) is 0 Å². The van der Waals surface area contributed by atoms with Gasteiger partial charge in [0.2, 0.25) is 0 Å². The van der Waals surface area contributed by atoms with Gasteiger partial charge in [-0.1, -0.05) is 42.5 Å². The molecule has 2 aromatic rings. The standard InChI is InChI=1S/C16H15NO2/c1-11(12-5-3-2-4-6-12)15-10-17(19)16-8-7-13(18)9-14(15)16/h2-9,18-19H,10H2,1H3/p-1. The van der Waals surface area contributed by atoms with E-state index in [0.29, 0.717) is 12.2 Å². The van der Waals surface area contributed by atoms with E-state index < -0.39 is 0 Å². The number of rotatable bonds is 1. The molecule has 3 rings (SSSR count). The average molecular weight is 252 g/mol. The zero-order valence-electron chi connectivity index (χ0n) is 10.6. The number of hydroxylamine groups is 1. The molecule has 0 atom stereocenters. The van der Waals surface area contributed by atoms with Crippen molar-refractivity contribution in [1.29, 1.82) is 0 Å². The fourth-order valence-corrected chi connectivity index (χ4v) is 2.49. The molecule has 19 heavy (non-hydrogen) atoms. The van der Waals surface area contributed by atoms with Crippen molar-refractivity contribution in [2.24, 2.45) is 0 Å². The summed E-state index contributed by atoms with van der Waals surface area (Å²) < 4.78 is 0. The Morgan fingerprint density at radius 3 is 2.63 bits per heavy atom. The van der Waals surface area contributed by atoms with Crippen LogP contribution >= 0.6 is 0 Å². The lowest BCUT2D eigenvalue weighted by Crippen LogP contribution is -2.13. The molecule has 0 unspecified atom stereocenters. The minimum Gasteiger partial charge on any atom is -0.872 e. The summed E-state index contributed by atoms with van der Waals surface area (Å²) in [7, 11) is 0. The van der Waals surface area contributed by atoms with Gasteiger partial charge in [0.05, 0.1) is 12.2 Å². The summed E-state index contributed by atoms with van der Waals surface area (Å²) in [4.78, 5) is 0. The predicted octanol–water partition coefficient (Wildman–Crippen LogP) is 2.90. The molecule has 0 saturated heterocycles. The number of anilines is 1. The van der Waals surface area contributed by atoms with Gasteiger partial charge in [-0.3, -0.25) is 10.3 Å². The molecule has 96 valence electrons. The Morgan fingerprint density at radius 1 is 1.16 bits per heavy atom. The van der Waals surface area contributed by atoms with Gasteiger partial charge in [0.1, 0.15) is 0 Å². The van der Waals surface area contributed by atoms with Crippen molar-refractivity contribution in [2.45, 2.75) is 6.92 Å². The molecule has 0 aromatic heterocycles. The average Bonchev–Trinajstić information content (AvgIpc) is 2.75. The molecule has 1 heterocycles. The van der Waals surface area contributed by atoms with Crippen LogP contribution in [0.25, 0.3) is 11.1 Å². The van der Waals surface area contributed by atoms with E-state index in [0.717, 1.165) is 22.3 Å². The fourth-order valence-electron chi connectivity index (χ4n) is 2.49. The number of benzene rings is 2. The maximum atomic E-state index is 11.5. The van der Waals surface area contributed by atoms with Crippen molar-refractivity contribution < 1.29 is 10.3 Å². The van der Waals surface area contributed by atoms with Crippen LogP contribution in [-0.2, 0) is 0 Å². The molecule has 3 nitrogen and oxygen atoms in total. The van der Waals surface area contributed by atoms with Gasteiger partial charge in [-0.25, -0.2) is 0 Å². The van der Waals surface area contributed by atoms with E-state index in [1.54, 1.807) is 12.1 Å². The van der Waals surface area contributed by atoms with Gasteiger partial charge in [0.25, 0.3) is 0 Å². The third-order valence-electron chi connectivity index (χ3n) is 3.54. The van der Waals surface area contributed by atoms with E-state index in [-0.39, 0.29) is 5.75 Å². The van der Waals surface area contributed by atoms with Crippen molar-refractivity contribution >= 4 is 16.8 Å². The molecule has 1 aliphatic rings. The molecule has 0 aliphatic carbocycles. The van der Waals surface area contributed by atoms with Crippen LogP contribution in [0.4, 0.5) is 5.69 Å². The van der Waals surface area contributed by atoms with Gasteiger partial charge < -0.3 is 5.11 Å². The lowest BCUT2D eigenvalue weighted by molar-refractivity contribution is -0.268. The molecule has 1 N–H and O–H groups in total. The van der Waals surface area contributed by atoms with E-state index in [4.69, 9.17) is 0 Å². The maximum Gasteiger partial charge on any atom is 0.0713 e. The van der Waals surface area contributed by atoms with Crippen LogP contribution in [-0.4, -0.2) is 11.8 Å². The molecule has 0 bridgehead atoms. The second-order valence-corrected chi connectivity index (χ2v) is 4.71. The molecule has 1 aliphatic heterocycles. The summed E-state index contributed by atoms with van der Waals surface area (Å²) in [5.74, 6) is -0.0348. The number of hydrogen-bond acceptors (Lipinski definition) is 3. The smallest absolute Gasteiger partial charge is 0.0713 e. The van der Waals surface area contributed by atoms with Crippen LogP contribution in [0.15, 0.2) is 48.5 Å². The molecule has 0 spiro atoms. The topological polar surface area (TPSA) is 46.5 Å². The van der Waals surface area contributed by atoms with Crippen LogP contribution < -0.4 is 10.2 Å². The van der Waals surface area contributed by atoms with Gasteiger partial charge in [-0.05, 0) is 29.7 Å². The first kappa shape index (κ1) is 11.8. The summed E-state index contributed by atoms with van der Waals surface area (Å²) in [5, 5.41) is 22.6. The second-order valence-electron chi connectivity index (χ2n) is 4.71. The Hall–Kier alpha value is -2.26. The summed E-state index contributed by atoms with van der Waals surface area (Å²) in [6, 6.07) is 14.7. The second kappa shape index (κ2) is 4.44. The molecular formula is C16H14NO2-. The Morgan fingerprint density at radius 2 is 1.89 bits per heavy atom. The normalized spacial score (nSPS) is 16.4. The summed E-state index contributed by atoms with van der Waals surface area (Å²) in [6.07, 6.45) is 0. The van der Waals surface area contributed by atoms with Crippen LogP contribution in [0.2, 0.25) is 0 Å². The van der Waals surface area contributed by atoms with E-state index in [1.807, 2.05) is 37.3 Å². The van der Waals surface area contributed by atoms with Gasteiger partial charge in [0, 0.05) is 5.56 Å². The SMILES string of the molecule is CC(=C1CN(O)c2ccc([O-])cc21)c1ccccc1. The van der Waals surface area contributed by atoms with Crippen LogP contribution in [0, 0.1) is 0 Å². The summed E-state index contributed by atoms with van der Waals surface area (Å²) >= 11 is 0. The quantitative estimate of drug-likeness (QED) is 0.848. The third-order valence-corrected chi connectivity index (χ3v) is 3.54. The highest BCUT2D eigenvalue weighted by atomic mass is 16.5. The highest BCUT2D eigenvalue weighted by molar-refractivity contribution is 5.98. The Bertz CT molecular complexity index is 647. The van der Waals surface area contributed by atoms with Gasteiger partial charge in [0.15, 0.2) is 0 Å².